The molecule has 0 amide bonds. The number of aromatic nitrogens is 2. The lowest BCUT2D eigenvalue weighted by Gasteiger charge is -2.26. The van der Waals surface area contributed by atoms with Crippen LogP contribution >= 0.6 is 0 Å². The predicted molar refractivity (Wildman–Crippen MR) is 61.7 cm³/mol. The summed E-state index contributed by atoms with van der Waals surface area (Å²) >= 11 is 0. The lowest BCUT2D eigenvalue weighted by atomic mass is 9.87. The second kappa shape index (κ2) is 5.31. The Morgan fingerprint density at radius 3 is 2.33 bits per heavy atom. The van der Waals surface area contributed by atoms with Crippen LogP contribution in [0, 0.1) is 0 Å². The molecule has 1 heterocycles. The standard InChI is InChI=1S/C12H22N2O/c1-4-6-12(15,7-5-2)8-11-9-13-14(3)10-11/h9-10,15H,4-8H2,1-3H3. The zero-order chi connectivity index (χ0) is 11.3. The van der Waals surface area contributed by atoms with Crippen LogP contribution in [0.3, 0.4) is 0 Å². The zero-order valence-electron chi connectivity index (χ0n) is 10.0. The quantitative estimate of drug-likeness (QED) is 0.782. The fourth-order valence-electron chi connectivity index (χ4n) is 2.18. The summed E-state index contributed by atoms with van der Waals surface area (Å²) in [6.45, 7) is 4.23. The topological polar surface area (TPSA) is 38.1 Å². The van der Waals surface area contributed by atoms with Gasteiger partial charge in [-0.1, -0.05) is 26.7 Å². The first-order chi connectivity index (χ1) is 7.09. The molecule has 3 nitrogen and oxygen atoms in total. The number of nitrogens with zero attached hydrogens (tertiary/aromatic N) is 2. The first kappa shape index (κ1) is 12.2. The summed E-state index contributed by atoms with van der Waals surface area (Å²) in [7, 11) is 1.90. The molecule has 0 fully saturated rings. The monoisotopic (exact) mass is 210 g/mol. The van der Waals surface area contributed by atoms with Crippen molar-refractivity contribution in [3.8, 4) is 0 Å². The Labute approximate surface area is 92.1 Å². The van der Waals surface area contributed by atoms with Crippen molar-refractivity contribution in [2.24, 2.45) is 7.05 Å². The number of hydrogen-bond acceptors (Lipinski definition) is 2. The molecule has 0 radical (unpaired) electrons. The smallest absolute Gasteiger partial charge is 0.0688 e. The molecule has 1 rings (SSSR count). The van der Waals surface area contributed by atoms with Gasteiger partial charge in [-0.3, -0.25) is 4.68 Å². The molecule has 0 spiro atoms. The fourth-order valence-corrected chi connectivity index (χ4v) is 2.18. The van der Waals surface area contributed by atoms with Gasteiger partial charge < -0.3 is 5.11 Å². The van der Waals surface area contributed by atoms with Crippen LogP contribution in [-0.2, 0) is 13.5 Å². The lowest BCUT2D eigenvalue weighted by Crippen LogP contribution is -2.30. The molecule has 15 heavy (non-hydrogen) atoms. The largest absolute Gasteiger partial charge is 0.390 e. The molecule has 1 N–H and O–H groups in total. The minimum atomic E-state index is -0.535. The molecule has 1 aromatic rings. The van der Waals surface area contributed by atoms with E-state index in [2.05, 4.69) is 18.9 Å². The van der Waals surface area contributed by atoms with Gasteiger partial charge in [0.1, 0.15) is 0 Å². The summed E-state index contributed by atoms with van der Waals surface area (Å²) in [4.78, 5) is 0. The minimum Gasteiger partial charge on any atom is -0.390 e. The highest BCUT2D eigenvalue weighted by atomic mass is 16.3. The van der Waals surface area contributed by atoms with Crippen molar-refractivity contribution in [3.63, 3.8) is 0 Å². The first-order valence-corrected chi connectivity index (χ1v) is 5.79. The van der Waals surface area contributed by atoms with E-state index in [4.69, 9.17) is 0 Å². The molecule has 86 valence electrons. The molecule has 0 aromatic carbocycles. The van der Waals surface area contributed by atoms with Gasteiger partial charge in [0.15, 0.2) is 0 Å². The third kappa shape index (κ3) is 3.67. The van der Waals surface area contributed by atoms with Gasteiger partial charge in [0.2, 0.25) is 0 Å². The summed E-state index contributed by atoms with van der Waals surface area (Å²) in [5.41, 5.74) is 0.592. The lowest BCUT2D eigenvalue weighted by molar-refractivity contribution is 0.0216. The summed E-state index contributed by atoms with van der Waals surface area (Å²) < 4.78 is 1.79. The molecular weight excluding hydrogens is 188 g/mol. The third-order valence-corrected chi connectivity index (χ3v) is 2.72. The molecule has 0 aliphatic carbocycles. The van der Waals surface area contributed by atoms with Crippen LogP contribution in [0.25, 0.3) is 0 Å². The predicted octanol–water partition coefficient (Wildman–Crippen LogP) is 2.29. The van der Waals surface area contributed by atoms with E-state index in [1.807, 2.05) is 19.4 Å². The van der Waals surface area contributed by atoms with E-state index >= 15 is 0 Å². The summed E-state index contributed by atoms with van der Waals surface area (Å²) in [6.07, 6.45) is 8.34. The molecular formula is C12H22N2O. The number of rotatable bonds is 6. The highest BCUT2D eigenvalue weighted by molar-refractivity contribution is 5.08. The number of aryl methyl sites for hydroxylation is 1. The van der Waals surface area contributed by atoms with Crippen LogP contribution in [0.1, 0.15) is 45.1 Å². The van der Waals surface area contributed by atoms with Crippen LogP contribution in [-0.4, -0.2) is 20.5 Å². The van der Waals surface area contributed by atoms with Gasteiger partial charge >= 0.3 is 0 Å². The summed E-state index contributed by atoms with van der Waals surface area (Å²) in [5, 5.41) is 14.6. The van der Waals surface area contributed by atoms with Gasteiger partial charge in [0, 0.05) is 19.7 Å². The highest BCUT2D eigenvalue weighted by Gasteiger charge is 2.25. The number of hydrogen-bond donors (Lipinski definition) is 1. The maximum absolute atomic E-state index is 10.4. The summed E-state index contributed by atoms with van der Waals surface area (Å²) in [6, 6.07) is 0. The zero-order valence-corrected chi connectivity index (χ0v) is 10.0. The normalized spacial score (nSPS) is 12.0. The average molecular weight is 210 g/mol. The average Bonchev–Trinajstić information content (AvgIpc) is 2.51. The molecule has 3 heteroatoms. The van der Waals surface area contributed by atoms with Crippen molar-refractivity contribution in [2.45, 2.75) is 51.6 Å². The Kier molecular flexibility index (Phi) is 4.33. The second-order valence-electron chi connectivity index (χ2n) is 4.42. The van der Waals surface area contributed by atoms with E-state index in [0.717, 1.165) is 37.7 Å². The van der Waals surface area contributed by atoms with E-state index in [1.165, 1.54) is 0 Å². The molecule has 0 aliphatic rings. The number of aliphatic hydroxyl groups is 1. The van der Waals surface area contributed by atoms with Crippen molar-refractivity contribution in [2.75, 3.05) is 0 Å². The van der Waals surface area contributed by atoms with Gasteiger partial charge in [-0.2, -0.15) is 5.10 Å². The first-order valence-electron chi connectivity index (χ1n) is 5.79. The van der Waals surface area contributed by atoms with Crippen LogP contribution in [0.2, 0.25) is 0 Å². The van der Waals surface area contributed by atoms with Gasteiger partial charge in [0.05, 0.1) is 11.8 Å². The molecule has 0 aliphatic heterocycles. The van der Waals surface area contributed by atoms with Crippen LogP contribution in [0.15, 0.2) is 12.4 Å². The van der Waals surface area contributed by atoms with Crippen LogP contribution < -0.4 is 0 Å². The summed E-state index contributed by atoms with van der Waals surface area (Å²) in [5.74, 6) is 0. The fraction of sp³-hybridized carbons (Fsp3) is 0.750. The minimum absolute atomic E-state index is 0.535. The Morgan fingerprint density at radius 2 is 1.93 bits per heavy atom. The highest BCUT2D eigenvalue weighted by Crippen LogP contribution is 2.24. The molecule has 0 saturated heterocycles. The molecule has 0 unspecified atom stereocenters. The molecule has 0 saturated carbocycles. The van der Waals surface area contributed by atoms with E-state index in [0.29, 0.717) is 0 Å². The Bertz CT molecular complexity index is 288. The molecule has 1 aromatic heterocycles. The van der Waals surface area contributed by atoms with E-state index in [-0.39, 0.29) is 0 Å². The van der Waals surface area contributed by atoms with E-state index in [1.54, 1.807) is 4.68 Å². The van der Waals surface area contributed by atoms with Crippen molar-refractivity contribution in [1.29, 1.82) is 0 Å². The SMILES string of the molecule is CCCC(O)(CCC)Cc1cnn(C)c1. The Hall–Kier alpha value is -0.830. The van der Waals surface area contributed by atoms with Crippen molar-refractivity contribution < 1.29 is 5.11 Å². The molecule has 0 bridgehead atoms. The molecule has 0 atom stereocenters. The van der Waals surface area contributed by atoms with E-state index in [9.17, 15) is 5.11 Å². The van der Waals surface area contributed by atoms with Crippen molar-refractivity contribution in [1.82, 2.24) is 9.78 Å². The van der Waals surface area contributed by atoms with Gasteiger partial charge in [-0.05, 0) is 18.4 Å². The van der Waals surface area contributed by atoms with E-state index < -0.39 is 5.60 Å². The maximum Gasteiger partial charge on any atom is 0.0688 e. The van der Waals surface area contributed by atoms with Crippen molar-refractivity contribution in [3.05, 3.63) is 18.0 Å². The Balaban J connectivity index is 2.65. The van der Waals surface area contributed by atoms with Crippen LogP contribution in [0.4, 0.5) is 0 Å². The maximum atomic E-state index is 10.4. The van der Waals surface area contributed by atoms with Gasteiger partial charge in [-0.15, -0.1) is 0 Å². The van der Waals surface area contributed by atoms with Crippen molar-refractivity contribution >= 4 is 0 Å². The third-order valence-electron chi connectivity index (χ3n) is 2.72. The van der Waals surface area contributed by atoms with Gasteiger partial charge in [0.25, 0.3) is 0 Å². The van der Waals surface area contributed by atoms with Crippen LogP contribution in [0.5, 0.6) is 0 Å². The second-order valence-corrected chi connectivity index (χ2v) is 4.42. The van der Waals surface area contributed by atoms with Gasteiger partial charge in [-0.25, -0.2) is 0 Å². The Morgan fingerprint density at radius 1 is 1.33 bits per heavy atom.